The van der Waals surface area contributed by atoms with E-state index in [1.807, 2.05) is 36.4 Å². The molecule has 0 aliphatic carbocycles. The minimum atomic E-state index is 0.0172. The quantitative estimate of drug-likeness (QED) is 0.607. The average molecular weight is 319 g/mol. The summed E-state index contributed by atoms with van der Waals surface area (Å²) in [6.07, 6.45) is 3.36. The Labute approximate surface area is 118 Å². The van der Waals surface area contributed by atoms with Crippen molar-refractivity contribution in [2.24, 2.45) is 0 Å². The Morgan fingerprint density at radius 2 is 1.89 bits per heavy atom. The molecule has 5 heteroatoms. The van der Waals surface area contributed by atoms with Gasteiger partial charge in [-0.25, -0.2) is 0 Å². The molecule has 0 radical (unpaired) electrons. The number of hydrogen-bond donors (Lipinski definition) is 0. The number of benzene rings is 1. The summed E-state index contributed by atoms with van der Waals surface area (Å²) in [7, 11) is 0. The Balaban J connectivity index is 1.86. The number of pyridine rings is 1. The molecule has 0 amide bonds. The van der Waals surface area contributed by atoms with E-state index in [9.17, 15) is 0 Å². The van der Waals surface area contributed by atoms with Crippen LogP contribution in [0.25, 0.3) is 0 Å². The molecule has 0 aliphatic heterocycles. The van der Waals surface area contributed by atoms with E-state index in [-0.39, 0.29) is 15.0 Å². The molecule has 2 rings (SSSR count). The third kappa shape index (κ3) is 4.63. The van der Waals surface area contributed by atoms with Gasteiger partial charge < -0.3 is 0 Å². The van der Waals surface area contributed by atoms with Crippen molar-refractivity contribution in [3.8, 4) is 22.2 Å². The zero-order chi connectivity index (χ0) is 13.3. The molecule has 0 fully saturated rings. The molecule has 19 heavy (non-hydrogen) atoms. The van der Waals surface area contributed by atoms with Gasteiger partial charge in [-0.05, 0) is 0 Å². The zero-order valence-electron chi connectivity index (χ0n) is 10.2. The number of rotatable bonds is 6. The second-order valence-corrected chi connectivity index (χ2v) is 5.40. The molecule has 0 saturated carbocycles. The summed E-state index contributed by atoms with van der Waals surface area (Å²) in [5.41, 5.74) is 0. The van der Waals surface area contributed by atoms with Crippen molar-refractivity contribution >= 4 is 15.0 Å². The van der Waals surface area contributed by atoms with E-state index in [1.54, 1.807) is 12.4 Å². The Bertz CT molecular complexity index is 538. The SMILES string of the molecule is N#C[Se]CCOc1ccc(Oc2cccnc2)cc1. The van der Waals surface area contributed by atoms with E-state index in [1.165, 1.54) is 0 Å². The maximum atomic E-state index is 8.44. The average Bonchev–Trinajstić information content (AvgIpc) is 2.46. The first-order valence-corrected chi connectivity index (χ1v) is 7.77. The molecule has 0 aliphatic rings. The number of nitriles is 1. The van der Waals surface area contributed by atoms with Gasteiger partial charge in [0.25, 0.3) is 0 Å². The summed E-state index contributed by atoms with van der Waals surface area (Å²) in [6, 6.07) is 11.1. The summed E-state index contributed by atoms with van der Waals surface area (Å²) < 4.78 is 11.1. The molecular formula is C14H12N2O2Se. The van der Waals surface area contributed by atoms with Crippen molar-refractivity contribution in [2.45, 2.75) is 5.32 Å². The normalized spacial score (nSPS) is 9.63. The third-order valence-electron chi connectivity index (χ3n) is 2.21. The van der Waals surface area contributed by atoms with Crippen molar-refractivity contribution in [2.75, 3.05) is 6.61 Å². The van der Waals surface area contributed by atoms with Gasteiger partial charge in [0, 0.05) is 0 Å². The van der Waals surface area contributed by atoms with Gasteiger partial charge in [-0.2, -0.15) is 0 Å². The molecule has 0 N–H and O–H groups in total. The van der Waals surface area contributed by atoms with E-state index < -0.39 is 0 Å². The van der Waals surface area contributed by atoms with Crippen LogP contribution in [0, 0.1) is 10.2 Å². The fraction of sp³-hybridized carbons (Fsp3) is 0.143. The summed E-state index contributed by atoms with van der Waals surface area (Å²) in [5, 5.41) is 9.24. The van der Waals surface area contributed by atoms with Gasteiger partial charge in [0.05, 0.1) is 0 Å². The fourth-order valence-corrected chi connectivity index (χ4v) is 1.94. The van der Waals surface area contributed by atoms with Crippen molar-refractivity contribution in [3.63, 3.8) is 0 Å². The van der Waals surface area contributed by atoms with Crippen LogP contribution in [0.2, 0.25) is 5.32 Å². The van der Waals surface area contributed by atoms with Crippen LogP contribution < -0.4 is 9.47 Å². The second kappa shape index (κ2) is 7.42. The van der Waals surface area contributed by atoms with Crippen LogP contribution in [-0.2, 0) is 0 Å². The van der Waals surface area contributed by atoms with Crippen molar-refractivity contribution in [1.82, 2.24) is 4.98 Å². The monoisotopic (exact) mass is 320 g/mol. The van der Waals surface area contributed by atoms with E-state index in [2.05, 4.69) is 9.95 Å². The first kappa shape index (κ1) is 13.4. The molecule has 0 spiro atoms. The molecule has 1 aromatic heterocycles. The molecular weight excluding hydrogens is 307 g/mol. The molecule has 0 bridgehead atoms. The Morgan fingerprint density at radius 1 is 1.11 bits per heavy atom. The molecule has 2 aromatic rings. The first-order valence-electron chi connectivity index (χ1n) is 5.70. The van der Waals surface area contributed by atoms with E-state index in [0.29, 0.717) is 12.4 Å². The predicted octanol–water partition coefficient (Wildman–Crippen LogP) is 2.86. The van der Waals surface area contributed by atoms with Crippen molar-refractivity contribution < 1.29 is 9.47 Å². The number of aromatic nitrogens is 1. The van der Waals surface area contributed by atoms with Crippen molar-refractivity contribution in [3.05, 3.63) is 48.8 Å². The van der Waals surface area contributed by atoms with Gasteiger partial charge in [0.2, 0.25) is 0 Å². The van der Waals surface area contributed by atoms with Gasteiger partial charge in [0.15, 0.2) is 0 Å². The van der Waals surface area contributed by atoms with Crippen LogP contribution >= 0.6 is 0 Å². The van der Waals surface area contributed by atoms with Crippen molar-refractivity contribution in [1.29, 1.82) is 5.26 Å². The topological polar surface area (TPSA) is 55.1 Å². The molecule has 1 aromatic carbocycles. The Morgan fingerprint density at radius 3 is 2.58 bits per heavy atom. The van der Waals surface area contributed by atoms with Crippen LogP contribution in [0.1, 0.15) is 0 Å². The van der Waals surface area contributed by atoms with Gasteiger partial charge >= 0.3 is 118 Å². The van der Waals surface area contributed by atoms with Gasteiger partial charge in [-0.1, -0.05) is 0 Å². The minimum absolute atomic E-state index is 0.0172. The number of nitrogens with zero attached hydrogens (tertiary/aromatic N) is 2. The summed E-state index contributed by atoms with van der Waals surface area (Å²) >= 11 is 0.0172. The molecule has 4 nitrogen and oxygen atoms in total. The summed E-state index contributed by atoms with van der Waals surface area (Å²) in [4.78, 5) is 6.13. The summed E-state index contributed by atoms with van der Waals surface area (Å²) in [6.45, 7) is 0.580. The molecule has 1 heterocycles. The standard InChI is InChI=1S/C14H12N2O2Se/c15-11-19-9-8-17-12-3-5-13(6-4-12)18-14-2-1-7-16-10-14/h1-7,10H,8-9H2. The Hall–Kier alpha value is -2.02. The van der Waals surface area contributed by atoms with Gasteiger partial charge in [-0.3, -0.25) is 0 Å². The van der Waals surface area contributed by atoms with Gasteiger partial charge in [0.1, 0.15) is 0 Å². The maximum absolute atomic E-state index is 8.44. The second-order valence-electron chi connectivity index (χ2n) is 3.55. The van der Waals surface area contributed by atoms with Crippen LogP contribution in [-0.4, -0.2) is 26.5 Å². The molecule has 0 saturated heterocycles. The van der Waals surface area contributed by atoms with Crippen LogP contribution in [0.4, 0.5) is 0 Å². The van der Waals surface area contributed by atoms with E-state index >= 15 is 0 Å². The molecule has 0 atom stereocenters. The molecule has 0 unspecified atom stereocenters. The van der Waals surface area contributed by atoms with Crippen LogP contribution in [0.5, 0.6) is 17.2 Å². The van der Waals surface area contributed by atoms with E-state index in [4.69, 9.17) is 14.7 Å². The number of ether oxygens (including phenoxy) is 2. The number of hydrogen-bond acceptors (Lipinski definition) is 4. The van der Waals surface area contributed by atoms with Crippen LogP contribution in [0.15, 0.2) is 48.8 Å². The van der Waals surface area contributed by atoms with Gasteiger partial charge in [-0.15, -0.1) is 0 Å². The van der Waals surface area contributed by atoms with E-state index in [0.717, 1.165) is 16.8 Å². The fourth-order valence-electron chi connectivity index (χ4n) is 1.39. The zero-order valence-corrected chi connectivity index (χ0v) is 11.9. The Kier molecular flexibility index (Phi) is 5.24. The predicted molar refractivity (Wildman–Crippen MR) is 72.4 cm³/mol. The third-order valence-corrected chi connectivity index (χ3v) is 3.26. The molecule has 96 valence electrons. The van der Waals surface area contributed by atoms with Crippen LogP contribution in [0.3, 0.4) is 0 Å². The summed E-state index contributed by atoms with van der Waals surface area (Å²) in [5.74, 6) is 2.22. The first-order chi connectivity index (χ1) is 9.38.